The van der Waals surface area contributed by atoms with Gasteiger partial charge in [-0.2, -0.15) is 0 Å². The van der Waals surface area contributed by atoms with Crippen LogP contribution in [0.3, 0.4) is 0 Å². The van der Waals surface area contributed by atoms with Crippen molar-refractivity contribution in [1.82, 2.24) is 14.4 Å². The predicted octanol–water partition coefficient (Wildman–Crippen LogP) is 3.06. The number of aromatic carboxylic acids is 1. The van der Waals surface area contributed by atoms with Crippen molar-refractivity contribution in [2.75, 3.05) is 0 Å². The van der Waals surface area contributed by atoms with Crippen LogP contribution in [0.5, 0.6) is 0 Å². The molecule has 0 spiro atoms. The van der Waals surface area contributed by atoms with Crippen LogP contribution >= 0.6 is 11.6 Å². The molecule has 0 unspecified atom stereocenters. The standard InChI is InChI=1S/C14H10ClN3O2/c1-8-5-10(15)7-18-12(14(19)20)11(17-13(8)18)9-3-2-4-16-6-9/h2-7H,1H3,(H,19,20). The van der Waals surface area contributed by atoms with Crippen molar-refractivity contribution in [3.63, 3.8) is 0 Å². The fourth-order valence-electron chi connectivity index (χ4n) is 2.18. The number of halogens is 1. The Hall–Kier alpha value is -2.40. The first-order chi connectivity index (χ1) is 9.58. The van der Waals surface area contributed by atoms with Crippen molar-refractivity contribution in [1.29, 1.82) is 0 Å². The van der Waals surface area contributed by atoms with E-state index in [1.807, 2.05) is 6.92 Å². The molecule has 0 saturated carbocycles. The van der Waals surface area contributed by atoms with E-state index < -0.39 is 5.97 Å². The maximum Gasteiger partial charge on any atom is 0.355 e. The number of rotatable bonds is 2. The number of aryl methyl sites for hydroxylation is 1. The van der Waals surface area contributed by atoms with Crippen molar-refractivity contribution in [3.8, 4) is 11.3 Å². The van der Waals surface area contributed by atoms with Gasteiger partial charge in [0.15, 0.2) is 5.69 Å². The zero-order valence-corrected chi connectivity index (χ0v) is 11.3. The van der Waals surface area contributed by atoms with Crippen molar-refractivity contribution in [2.24, 2.45) is 0 Å². The normalized spacial score (nSPS) is 10.9. The van der Waals surface area contributed by atoms with Gasteiger partial charge in [0.2, 0.25) is 0 Å². The number of imidazole rings is 1. The lowest BCUT2D eigenvalue weighted by atomic mass is 10.2. The highest BCUT2D eigenvalue weighted by molar-refractivity contribution is 6.30. The molecule has 0 aliphatic rings. The first kappa shape index (κ1) is 12.6. The third kappa shape index (κ3) is 1.92. The summed E-state index contributed by atoms with van der Waals surface area (Å²) < 4.78 is 1.50. The van der Waals surface area contributed by atoms with Crippen LogP contribution < -0.4 is 0 Å². The smallest absolute Gasteiger partial charge is 0.355 e. The summed E-state index contributed by atoms with van der Waals surface area (Å²) >= 11 is 6.00. The van der Waals surface area contributed by atoms with Crippen LogP contribution in [0, 0.1) is 6.92 Å². The molecule has 3 aromatic heterocycles. The predicted molar refractivity (Wildman–Crippen MR) is 75.1 cm³/mol. The second-order valence-corrected chi connectivity index (χ2v) is 4.83. The Kier molecular flexibility index (Phi) is 2.91. The Bertz CT molecular complexity index is 812. The molecule has 3 rings (SSSR count). The SMILES string of the molecule is Cc1cc(Cl)cn2c(C(=O)O)c(-c3cccnc3)nc12. The fourth-order valence-corrected chi connectivity index (χ4v) is 2.44. The van der Waals surface area contributed by atoms with Gasteiger partial charge in [0, 0.05) is 24.2 Å². The lowest BCUT2D eigenvalue weighted by molar-refractivity contribution is 0.0690. The molecule has 0 aliphatic heterocycles. The first-order valence-corrected chi connectivity index (χ1v) is 6.27. The van der Waals surface area contributed by atoms with Crippen molar-refractivity contribution in [2.45, 2.75) is 6.92 Å². The van der Waals surface area contributed by atoms with E-state index in [1.165, 1.54) is 4.40 Å². The highest BCUT2D eigenvalue weighted by Gasteiger charge is 2.21. The van der Waals surface area contributed by atoms with Crippen LogP contribution in [-0.4, -0.2) is 25.4 Å². The zero-order chi connectivity index (χ0) is 14.3. The fraction of sp³-hybridized carbons (Fsp3) is 0.0714. The second kappa shape index (κ2) is 4.61. The zero-order valence-electron chi connectivity index (χ0n) is 10.5. The summed E-state index contributed by atoms with van der Waals surface area (Å²) in [6.07, 6.45) is 4.77. The topological polar surface area (TPSA) is 67.5 Å². The van der Waals surface area contributed by atoms with E-state index >= 15 is 0 Å². The van der Waals surface area contributed by atoms with Crippen molar-refractivity contribution in [3.05, 3.63) is 53.1 Å². The monoisotopic (exact) mass is 287 g/mol. The summed E-state index contributed by atoms with van der Waals surface area (Å²) in [6, 6.07) is 5.27. The van der Waals surface area contributed by atoms with Gasteiger partial charge in [-0.3, -0.25) is 9.38 Å². The summed E-state index contributed by atoms with van der Waals surface area (Å²) in [6.45, 7) is 1.84. The number of hydrogen-bond acceptors (Lipinski definition) is 3. The molecule has 0 saturated heterocycles. The Morgan fingerprint density at radius 3 is 2.90 bits per heavy atom. The molecule has 0 aromatic carbocycles. The number of carbonyl (C=O) groups is 1. The molecule has 0 bridgehead atoms. The summed E-state index contributed by atoms with van der Waals surface area (Å²) in [4.78, 5) is 20.0. The lowest BCUT2D eigenvalue weighted by Crippen LogP contribution is -2.04. The van der Waals surface area contributed by atoms with E-state index in [0.29, 0.717) is 21.9 Å². The number of carboxylic acid groups (broad SMARTS) is 1. The van der Waals surface area contributed by atoms with Gasteiger partial charge in [-0.15, -0.1) is 0 Å². The van der Waals surface area contributed by atoms with Crippen molar-refractivity contribution < 1.29 is 9.90 Å². The number of fused-ring (bicyclic) bond motifs is 1. The molecule has 6 heteroatoms. The lowest BCUT2D eigenvalue weighted by Gasteiger charge is -2.01. The van der Waals surface area contributed by atoms with Gasteiger partial charge in [0.05, 0.1) is 5.02 Å². The molecule has 0 atom stereocenters. The number of hydrogen-bond donors (Lipinski definition) is 1. The second-order valence-electron chi connectivity index (χ2n) is 4.39. The molecule has 0 fully saturated rings. The molecule has 0 radical (unpaired) electrons. The van der Waals surface area contributed by atoms with Crippen LogP contribution in [-0.2, 0) is 0 Å². The van der Waals surface area contributed by atoms with Gasteiger partial charge in [0.1, 0.15) is 11.3 Å². The van der Waals surface area contributed by atoms with E-state index in [-0.39, 0.29) is 5.69 Å². The molecule has 1 N–H and O–H groups in total. The van der Waals surface area contributed by atoms with Gasteiger partial charge in [-0.05, 0) is 30.7 Å². The largest absolute Gasteiger partial charge is 0.476 e. The van der Waals surface area contributed by atoms with E-state index in [0.717, 1.165) is 5.56 Å². The molecular formula is C14H10ClN3O2. The van der Waals surface area contributed by atoms with Crippen LogP contribution in [0.1, 0.15) is 16.1 Å². The highest BCUT2D eigenvalue weighted by Crippen LogP contribution is 2.26. The average Bonchev–Trinajstić information content (AvgIpc) is 2.79. The van der Waals surface area contributed by atoms with Gasteiger partial charge in [-0.1, -0.05) is 11.6 Å². The van der Waals surface area contributed by atoms with Gasteiger partial charge in [0.25, 0.3) is 0 Å². The maximum absolute atomic E-state index is 11.6. The van der Waals surface area contributed by atoms with Crippen LogP contribution in [0.25, 0.3) is 16.9 Å². The summed E-state index contributed by atoms with van der Waals surface area (Å²) in [7, 11) is 0. The number of pyridine rings is 2. The summed E-state index contributed by atoms with van der Waals surface area (Å²) in [5.41, 5.74) is 2.51. The minimum atomic E-state index is -1.06. The third-order valence-electron chi connectivity index (χ3n) is 3.01. The minimum absolute atomic E-state index is 0.0820. The third-order valence-corrected chi connectivity index (χ3v) is 3.21. The summed E-state index contributed by atoms with van der Waals surface area (Å²) in [5, 5.41) is 9.94. The molecule has 0 aliphatic carbocycles. The van der Waals surface area contributed by atoms with Crippen LogP contribution in [0.4, 0.5) is 0 Å². The first-order valence-electron chi connectivity index (χ1n) is 5.90. The molecule has 3 aromatic rings. The van der Waals surface area contributed by atoms with E-state index in [4.69, 9.17) is 11.6 Å². The number of aromatic nitrogens is 3. The molecule has 3 heterocycles. The molecular weight excluding hydrogens is 278 g/mol. The maximum atomic E-state index is 11.6. The Morgan fingerprint density at radius 2 is 2.25 bits per heavy atom. The van der Waals surface area contributed by atoms with Crippen molar-refractivity contribution >= 4 is 23.2 Å². The number of carboxylic acids is 1. The van der Waals surface area contributed by atoms with Gasteiger partial charge >= 0.3 is 5.97 Å². The van der Waals surface area contributed by atoms with Gasteiger partial charge < -0.3 is 5.11 Å². The quantitative estimate of drug-likeness (QED) is 0.786. The van der Waals surface area contributed by atoms with E-state index in [2.05, 4.69) is 9.97 Å². The molecule has 0 amide bonds. The van der Waals surface area contributed by atoms with Crippen LogP contribution in [0.15, 0.2) is 36.8 Å². The molecule has 100 valence electrons. The van der Waals surface area contributed by atoms with Crippen LogP contribution in [0.2, 0.25) is 5.02 Å². The van der Waals surface area contributed by atoms with Gasteiger partial charge in [-0.25, -0.2) is 9.78 Å². The average molecular weight is 288 g/mol. The Labute approximate surface area is 119 Å². The Balaban J connectivity index is 2.41. The van der Waals surface area contributed by atoms with E-state index in [1.54, 1.807) is 36.8 Å². The van der Waals surface area contributed by atoms with E-state index in [9.17, 15) is 9.90 Å². The minimum Gasteiger partial charge on any atom is -0.476 e. The highest BCUT2D eigenvalue weighted by atomic mass is 35.5. The summed E-state index contributed by atoms with van der Waals surface area (Å²) in [5.74, 6) is -1.06. The number of nitrogens with zero attached hydrogens (tertiary/aromatic N) is 3. The molecule has 5 nitrogen and oxygen atoms in total. The Morgan fingerprint density at radius 1 is 1.45 bits per heavy atom. The molecule has 20 heavy (non-hydrogen) atoms.